The number of halogens is 3. The van der Waals surface area contributed by atoms with Gasteiger partial charge in [-0.2, -0.15) is 10.2 Å². The number of nitrogen functional groups attached to an aromatic ring is 1. The fourth-order valence-corrected chi connectivity index (χ4v) is 4.19. The zero-order valence-corrected chi connectivity index (χ0v) is 43.5. The third-order valence-electron chi connectivity index (χ3n) is 6.07. The first-order valence-corrected chi connectivity index (χ1v) is 20.8. The van der Waals surface area contributed by atoms with Crippen LogP contribution in [0.25, 0.3) is 26.7 Å². The highest BCUT2D eigenvalue weighted by atomic mass is 79.9. The Labute approximate surface area is 410 Å². The smallest absolute Gasteiger partial charge is 0.428 e. The Hall–Kier alpha value is -5.33. The first kappa shape index (κ1) is 68.7. The summed E-state index contributed by atoms with van der Waals surface area (Å²) in [4.78, 5) is 37.5. The van der Waals surface area contributed by atoms with E-state index < -0.39 is 17.3 Å². The Kier molecular flexibility index (Phi) is 38.0. The maximum atomic E-state index is 10.9. The van der Waals surface area contributed by atoms with E-state index in [9.17, 15) is 14.4 Å². The second-order valence-electron chi connectivity index (χ2n) is 15.5. The van der Waals surface area contributed by atoms with Gasteiger partial charge in [-0.05, 0) is 127 Å². The molecule has 0 aliphatic rings. The number of esters is 1. The highest BCUT2D eigenvalue weighted by Crippen LogP contribution is 2.36. The summed E-state index contributed by atoms with van der Waals surface area (Å²) < 4.78 is 18.4. The summed E-state index contributed by atoms with van der Waals surface area (Å²) >= 11 is 6.69. The monoisotopic (exact) mass is 1050 g/mol. The number of hydrazine groups is 1. The minimum Gasteiger partial charge on any atom is -0.506 e. The third kappa shape index (κ3) is 34.7. The summed E-state index contributed by atoms with van der Waals surface area (Å²) in [6.07, 6.45) is -0.524. The second-order valence-corrected chi connectivity index (χ2v) is 17.4. The summed E-state index contributed by atoms with van der Waals surface area (Å²) in [5.41, 5.74) is 18.3. The van der Waals surface area contributed by atoms with Crippen LogP contribution in [0.3, 0.4) is 0 Å². The highest BCUT2D eigenvalue weighted by Gasteiger charge is 2.19. The van der Waals surface area contributed by atoms with Gasteiger partial charge in [-0.15, -0.1) is 12.4 Å². The number of rotatable bonds is 7. The molecule has 0 unspecified atom stereocenters. The van der Waals surface area contributed by atoms with Crippen LogP contribution in [0, 0.1) is 24.5 Å². The van der Waals surface area contributed by atoms with Gasteiger partial charge in [0, 0.05) is 32.3 Å². The molecule has 0 atom stereocenters. The van der Waals surface area contributed by atoms with E-state index >= 15 is 0 Å². The fraction of sp³-hybridized carbons (Fsp3) is 0.467. The minimum atomic E-state index is -0.524. The average molecular weight is 1060 g/mol. The molecule has 20 heteroatoms. The van der Waals surface area contributed by atoms with E-state index in [1.807, 2.05) is 64.1 Å². The molecule has 0 saturated carbocycles. The van der Waals surface area contributed by atoms with E-state index in [0.717, 1.165) is 20.2 Å². The lowest BCUT2D eigenvalue weighted by Gasteiger charge is -2.18. The Balaban J connectivity index is -0.000000234. The molecule has 3 rings (SSSR count). The lowest BCUT2D eigenvalue weighted by Crippen LogP contribution is -2.30. The predicted molar refractivity (Wildman–Crippen MR) is 273 cm³/mol. The van der Waals surface area contributed by atoms with E-state index in [2.05, 4.69) is 62.6 Å². The van der Waals surface area contributed by atoms with Gasteiger partial charge in [0.15, 0.2) is 0 Å². The number of hydrogen-bond donors (Lipinski definition) is 5. The van der Waals surface area contributed by atoms with Gasteiger partial charge >= 0.3 is 17.8 Å². The SMILES string of the molecule is C.CC(C)(C)OC(=O)CN.CC(C)=NNC(=O)OC(C)(C)C.CC(C)=O.CC(C)NN.Cl.[C-]#[N+]/C(C#N)=C(/OC)c1ccc(Br)cc1.[C-]#[N+]c1c(-c2ccc(Br)cc2)nn(C(C)C)c1N. The summed E-state index contributed by atoms with van der Waals surface area (Å²) in [5.74, 6) is 5.46. The zero-order valence-electron chi connectivity index (χ0n) is 39.5. The molecular formula is C45H70Br2ClN11O6. The number of ether oxygens (including phenoxy) is 3. The van der Waals surface area contributed by atoms with Crippen molar-refractivity contribution in [3.63, 3.8) is 0 Å². The van der Waals surface area contributed by atoms with Crippen molar-refractivity contribution in [1.82, 2.24) is 20.6 Å². The van der Waals surface area contributed by atoms with Crippen LogP contribution < -0.4 is 28.2 Å². The van der Waals surface area contributed by atoms with E-state index in [1.165, 1.54) is 21.0 Å². The van der Waals surface area contributed by atoms with Gasteiger partial charge in [-0.1, -0.05) is 63.6 Å². The number of aromatic nitrogens is 2. The number of Topliss-reactive ketones (excluding diaryl/α,β-unsaturated/α-hetero) is 1. The van der Waals surface area contributed by atoms with Gasteiger partial charge in [0.25, 0.3) is 5.69 Å². The molecule has 0 saturated heterocycles. The van der Waals surface area contributed by atoms with Crippen LogP contribution in [0.1, 0.15) is 116 Å². The number of nitriles is 1. The number of nitrogens with zero attached hydrogens (tertiary/aromatic N) is 6. The van der Waals surface area contributed by atoms with Crippen LogP contribution >= 0.6 is 44.3 Å². The van der Waals surface area contributed by atoms with Crippen LogP contribution in [-0.4, -0.2) is 64.2 Å². The molecular weight excluding hydrogens is 986 g/mol. The number of methoxy groups -OCH3 is 1. The van der Waals surface area contributed by atoms with E-state index in [0.29, 0.717) is 34.6 Å². The maximum absolute atomic E-state index is 10.9. The van der Waals surface area contributed by atoms with Crippen LogP contribution in [-0.2, 0) is 23.8 Å². The number of hydrazone groups is 1. The summed E-state index contributed by atoms with van der Waals surface area (Å²) in [6.45, 7) is 39.5. The molecule has 3 aromatic rings. The van der Waals surface area contributed by atoms with Crippen LogP contribution in [0.2, 0.25) is 0 Å². The number of carbonyl (C=O) groups excluding carboxylic acids is 3. The molecule has 0 aliphatic carbocycles. The standard InChI is InChI=1S/C13H13BrN4.C11H7BrN2O.C8H16N2O2.C6H13NO2.C3H10N2.C3H6O.CH4.ClH/c1-8(2)18-13(15)12(16-3)11(17-18)9-4-6-10(14)7-5-9;1-14-10(7-13)11(15-2)8-3-5-9(12)6-4-8;1-6(2)9-10-7(11)12-8(3,4)5;1-6(2,3)9-5(8)4-7;1-3(2)5-4;1-3(2)4;;/h4-8H,15H2,1-2H3;3-6H,2H3;1-5H3,(H,10,11);4,7H2,1-3H3;3,5H,4H2,1-2H3;1-2H3;1H4;1H/b;11-10+;;;;;;. The van der Waals surface area contributed by atoms with E-state index in [-0.39, 0.29) is 49.9 Å². The number of anilines is 1. The normalized spacial score (nSPS) is 10.1. The van der Waals surface area contributed by atoms with Gasteiger partial charge in [-0.3, -0.25) is 20.7 Å². The molecule has 0 spiro atoms. The Morgan fingerprint density at radius 2 is 1.34 bits per heavy atom. The van der Waals surface area contributed by atoms with Crippen molar-refractivity contribution in [3.8, 4) is 17.3 Å². The van der Waals surface area contributed by atoms with Gasteiger partial charge in [0.05, 0.1) is 32.9 Å². The van der Waals surface area contributed by atoms with Gasteiger partial charge < -0.3 is 30.5 Å². The lowest BCUT2D eigenvalue weighted by atomic mass is 10.1. The number of hydrogen-bond acceptors (Lipinski definition) is 13. The van der Waals surface area contributed by atoms with E-state index in [1.54, 1.807) is 78.3 Å². The van der Waals surface area contributed by atoms with Gasteiger partial charge in [-0.25, -0.2) is 25.2 Å². The van der Waals surface area contributed by atoms with Crippen molar-refractivity contribution in [2.24, 2.45) is 16.7 Å². The minimum absolute atomic E-state index is 0. The first-order chi connectivity index (χ1) is 29.0. The largest absolute Gasteiger partial charge is 0.506 e. The quantitative estimate of drug-likeness (QED) is 0.0282. The number of carbonyl (C=O) groups is 3. The van der Waals surface area contributed by atoms with Crippen LogP contribution in [0.15, 0.2) is 68.3 Å². The molecule has 0 aliphatic heterocycles. The third-order valence-corrected chi connectivity index (χ3v) is 7.13. The van der Waals surface area contributed by atoms with E-state index in [4.69, 9.17) is 49.9 Å². The molecule has 1 amide bonds. The number of amides is 1. The molecule has 362 valence electrons. The molecule has 0 radical (unpaired) electrons. The number of allylic oxidation sites excluding steroid dienone is 1. The van der Waals surface area contributed by atoms with Crippen molar-refractivity contribution in [3.05, 3.63) is 91.6 Å². The van der Waals surface area contributed by atoms with Crippen molar-refractivity contribution >= 4 is 85.1 Å². The Morgan fingerprint density at radius 1 is 0.908 bits per heavy atom. The van der Waals surface area contributed by atoms with Crippen molar-refractivity contribution < 1.29 is 28.6 Å². The summed E-state index contributed by atoms with van der Waals surface area (Å²) in [7, 11) is 1.44. The highest BCUT2D eigenvalue weighted by molar-refractivity contribution is 9.10. The fourth-order valence-electron chi connectivity index (χ4n) is 3.67. The maximum Gasteiger partial charge on any atom is 0.428 e. The molecule has 1 aromatic heterocycles. The number of ketones is 1. The van der Waals surface area contributed by atoms with Gasteiger partial charge in [0.2, 0.25) is 0 Å². The molecule has 0 fully saturated rings. The lowest BCUT2D eigenvalue weighted by molar-refractivity contribution is -0.152. The zero-order chi connectivity index (χ0) is 49.7. The van der Waals surface area contributed by atoms with Crippen molar-refractivity contribution in [2.75, 3.05) is 19.4 Å². The molecule has 1 heterocycles. The number of benzene rings is 2. The molecule has 8 N–H and O–H groups in total. The Bertz CT molecular complexity index is 2030. The second kappa shape index (κ2) is 36.0. The van der Waals surface area contributed by atoms with Crippen LogP contribution in [0.5, 0.6) is 0 Å². The predicted octanol–water partition coefficient (Wildman–Crippen LogP) is 10.9. The number of nitrogens with two attached hydrogens (primary N) is 3. The summed E-state index contributed by atoms with van der Waals surface area (Å²) in [6, 6.07) is 17.3. The molecule has 2 aromatic carbocycles. The summed E-state index contributed by atoms with van der Waals surface area (Å²) in [5, 5.41) is 16.9. The Morgan fingerprint density at radius 3 is 1.63 bits per heavy atom. The van der Waals surface area contributed by atoms with Crippen molar-refractivity contribution in [2.45, 2.75) is 128 Å². The van der Waals surface area contributed by atoms with Gasteiger partial charge in [0.1, 0.15) is 34.3 Å². The molecule has 0 bridgehead atoms. The molecule has 65 heavy (non-hydrogen) atoms. The topological polar surface area (TPSA) is 244 Å². The average Bonchev–Trinajstić information content (AvgIpc) is 3.52. The number of nitrogens with one attached hydrogen (secondary N) is 2. The molecule has 17 nitrogen and oxygen atoms in total. The van der Waals surface area contributed by atoms with Crippen LogP contribution in [0.4, 0.5) is 16.3 Å². The van der Waals surface area contributed by atoms with Crippen molar-refractivity contribution in [1.29, 1.82) is 5.26 Å². The first-order valence-electron chi connectivity index (χ1n) is 19.2.